The lowest BCUT2D eigenvalue weighted by molar-refractivity contribution is 0.317. The van der Waals surface area contributed by atoms with Crippen LogP contribution in [0.5, 0.6) is 0 Å². The van der Waals surface area contributed by atoms with Crippen molar-refractivity contribution in [2.45, 2.75) is 39.7 Å². The van der Waals surface area contributed by atoms with Crippen LogP contribution >= 0.6 is 11.6 Å². The van der Waals surface area contributed by atoms with Crippen LogP contribution in [0.3, 0.4) is 0 Å². The predicted molar refractivity (Wildman–Crippen MR) is 89.3 cm³/mol. The highest BCUT2D eigenvalue weighted by atomic mass is 35.5. The van der Waals surface area contributed by atoms with Gasteiger partial charge in [0.1, 0.15) is 0 Å². The molecule has 1 N–H and O–H groups in total. The number of benzene rings is 1. The van der Waals surface area contributed by atoms with Crippen LogP contribution in [0.15, 0.2) is 24.3 Å². The van der Waals surface area contributed by atoms with Crippen molar-refractivity contribution in [1.82, 2.24) is 10.2 Å². The van der Waals surface area contributed by atoms with Gasteiger partial charge in [0.05, 0.1) is 0 Å². The average Bonchev–Trinajstić information content (AvgIpc) is 2.40. The van der Waals surface area contributed by atoms with Gasteiger partial charge in [0.15, 0.2) is 0 Å². The molecule has 0 spiro atoms. The monoisotopic (exact) mass is 296 g/mol. The third-order valence-corrected chi connectivity index (χ3v) is 3.71. The quantitative estimate of drug-likeness (QED) is 0.651. The van der Waals surface area contributed by atoms with Crippen LogP contribution < -0.4 is 5.32 Å². The molecule has 0 aliphatic carbocycles. The minimum atomic E-state index is 0.747. The van der Waals surface area contributed by atoms with Gasteiger partial charge in [-0.1, -0.05) is 50.1 Å². The fourth-order valence-corrected chi connectivity index (χ4v) is 2.39. The molecule has 1 rings (SSSR count). The lowest BCUT2D eigenvalue weighted by Crippen LogP contribution is -2.22. The largest absolute Gasteiger partial charge is 0.316 e. The highest BCUT2D eigenvalue weighted by molar-refractivity contribution is 6.31. The fourth-order valence-electron chi connectivity index (χ4n) is 2.20. The summed E-state index contributed by atoms with van der Waals surface area (Å²) in [6.45, 7) is 8.84. The van der Waals surface area contributed by atoms with Gasteiger partial charge in [-0.2, -0.15) is 0 Å². The van der Waals surface area contributed by atoms with E-state index in [1.165, 1.54) is 24.8 Å². The Morgan fingerprint density at radius 3 is 2.60 bits per heavy atom. The first-order valence-electron chi connectivity index (χ1n) is 7.72. The minimum Gasteiger partial charge on any atom is -0.316 e. The van der Waals surface area contributed by atoms with Crippen LogP contribution in [0, 0.1) is 5.92 Å². The molecule has 0 atom stereocenters. The lowest BCUT2D eigenvalue weighted by Gasteiger charge is -2.17. The van der Waals surface area contributed by atoms with E-state index in [9.17, 15) is 0 Å². The van der Waals surface area contributed by atoms with E-state index in [0.717, 1.165) is 37.1 Å². The Hall–Kier alpha value is -0.570. The summed E-state index contributed by atoms with van der Waals surface area (Å²) in [5, 5.41) is 4.36. The Bertz CT molecular complexity index is 366. The van der Waals surface area contributed by atoms with E-state index in [1.807, 2.05) is 12.1 Å². The summed E-state index contributed by atoms with van der Waals surface area (Å²) in [7, 11) is 2.17. The normalized spacial score (nSPS) is 11.5. The summed E-state index contributed by atoms with van der Waals surface area (Å²) in [4.78, 5) is 2.35. The maximum Gasteiger partial charge on any atom is 0.0451 e. The molecule has 0 aliphatic heterocycles. The first-order chi connectivity index (χ1) is 9.59. The van der Waals surface area contributed by atoms with Gasteiger partial charge in [-0.15, -0.1) is 0 Å². The van der Waals surface area contributed by atoms with Crippen LogP contribution in [0.4, 0.5) is 0 Å². The number of halogens is 1. The van der Waals surface area contributed by atoms with E-state index in [-0.39, 0.29) is 0 Å². The number of rotatable bonds is 10. The van der Waals surface area contributed by atoms with Gasteiger partial charge in [0.2, 0.25) is 0 Å². The second kappa shape index (κ2) is 10.2. The van der Waals surface area contributed by atoms with Gasteiger partial charge in [-0.3, -0.25) is 0 Å². The average molecular weight is 297 g/mol. The Morgan fingerprint density at radius 2 is 1.90 bits per heavy atom. The molecule has 1 aromatic carbocycles. The number of hydrogen-bond donors (Lipinski definition) is 1. The molecule has 0 bridgehead atoms. The zero-order valence-electron chi connectivity index (χ0n) is 13.2. The second-order valence-electron chi connectivity index (χ2n) is 5.99. The number of nitrogens with one attached hydrogen (secondary N) is 1. The van der Waals surface area contributed by atoms with Gasteiger partial charge in [0.25, 0.3) is 0 Å². The summed E-state index contributed by atoms with van der Waals surface area (Å²) in [5.41, 5.74) is 1.22. The minimum absolute atomic E-state index is 0.747. The summed E-state index contributed by atoms with van der Waals surface area (Å²) in [5.74, 6) is 0.747. The summed E-state index contributed by atoms with van der Waals surface area (Å²) in [6.07, 6.45) is 3.81. The van der Waals surface area contributed by atoms with Crippen molar-refractivity contribution in [3.63, 3.8) is 0 Å². The lowest BCUT2D eigenvalue weighted by atomic mass is 10.2. The molecule has 114 valence electrons. The van der Waals surface area contributed by atoms with Crippen molar-refractivity contribution in [1.29, 1.82) is 0 Å². The summed E-state index contributed by atoms with van der Waals surface area (Å²) >= 11 is 6.18. The van der Waals surface area contributed by atoms with E-state index in [4.69, 9.17) is 11.6 Å². The van der Waals surface area contributed by atoms with Gasteiger partial charge >= 0.3 is 0 Å². The van der Waals surface area contributed by atoms with Crippen molar-refractivity contribution in [3.8, 4) is 0 Å². The summed E-state index contributed by atoms with van der Waals surface area (Å²) < 4.78 is 0. The Morgan fingerprint density at radius 1 is 1.15 bits per heavy atom. The van der Waals surface area contributed by atoms with E-state index in [0.29, 0.717) is 0 Å². The van der Waals surface area contributed by atoms with Crippen molar-refractivity contribution in [3.05, 3.63) is 34.9 Å². The van der Waals surface area contributed by atoms with Gasteiger partial charge in [0, 0.05) is 11.6 Å². The Kier molecular flexibility index (Phi) is 8.92. The van der Waals surface area contributed by atoms with E-state index in [1.54, 1.807) is 0 Å². The molecular weight excluding hydrogens is 268 g/mol. The van der Waals surface area contributed by atoms with E-state index >= 15 is 0 Å². The molecule has 0 amide bonds. The van der Waals surface area contributed by atoms with Crippen molar-refractivity contribution in [2.75, 3.05) is 26.7 Å². The molecule has 0 fully saturated rings. The Balaban J connectivity index is 2.06. The van der Waals surface area contributed by atoms with Gasteiger partial charge in [-0.05, 0) is 57.1 Å². The zero-order chi connectivity index (χ0) is 14.8. The van der Waals surface area contributed by atoms with Crippen molar-refractivity contribution >= 4 is 11.6 Å². The molecule has 2 nitrogen and oxygen atoms in total. The Labute approximate surface area is 129 Å². The molecule has 20 heavy (non-hydrogen) atoms. The van der Waals surface area contributed by atoms with Crippen LogP contribution in [0.2, 0.25) is 5.02 Å². The standard InChI is InChI=1S/C17H29ClN2/c1-15(2)13-19-11-7-4-8-12-20(3)14-16-9-5-6-10-17(16)18/h5-6,9-10,15,19H,4,7-8,11-14H2,1-3H3. The maximum absolute atomic E-state index is 6.18. The molecule has 0 saturated carbocycles. The number of unbranched alkanes of at least 4 members (excludes halogenated alkanes) is 2. The molecule has 0 unspecified atom stereocenters. The molecule has 3 heteroatoms. The van der Waals surface area contributed by atoms with Crippen molar-refractivity contribution in [2.24, 2.45) is 5.92 Å². The summed E-state index contributed by atoms with van der Waals surface area (Å²) in [6, 6.07) is 8.10. The highest BCUT2D eigenvalue weighted by Crippen LogP contribution is 2.16. The molecule has 1 aromatic rings. The first kappa shape index (κ1) is 17.5. The SMILES string of the molecule is CC(C)CNCCCCCN(C)Cc1ccccc1Cl. The van der Waals surface area contributed by atoms with Gasteiger partial charge in [-0.25, -0.2) is 0 Å². The fraction of sp³-hybridized carbons (Fsp3) is 0.647. The van der Waals surface area contributed by atoms with Crippen LogP contribution in [0.1, 0.15) is 38.7 Å². The van der Waals surface area contributed by atoms with Gasteiger partial charge < -0.3 is 10.2 Å². The topological polar surface area (TPSA) is 15.3 Å². The zero-order valence-corrected chi connectivity index (χ0v) is 13.9. The third-order valence-electron chi connectivity index (χ3n) is 3.34. The highest BCUT2D eigenvalue weighted by Gasteiger charge is 2.03. The smallest absolute Gasteiger partial charge is 0.0451 e. The maximum atomic E-state index is 6.18. The third kappa shape index (κ3) is 7.88. The molecule has 0 aromatic heterocycles. The molecular formula is C17H29ClN2. The first-order valence-corrected chi connectivity index (χ1v) is 8.10. The van der Waals surface area contributed by atoms with E-state index < -0.39 is 0 Å². The van der Waals surface area contributed by atoms with Crippen LogP contribution in [-0.4, -0.2) is 31.6 Å². The predicted octanol–water partition coefficient (Wildman–Crippen LogP) is 4.19. The van der Waals surface area contributed by atoms with Crippen LogP contribution in [0.25, 0.3) is 0 Å². The number of nitrogens with zero attached hydrogens (tertiary/aromatic N) is 1. The van der Waals surface area contributed by atoms with E-state index in [2.05, 4.69) is 43.2 Å². The molecule has 0 aliphatic rings. The second-order valence-corrected chi connectivity index (χ2v) is 6.40. The molecule has 0 radical (unpaired) electrons. The number of hydrogen-bond acceptors (Lipinski definition) is 2. The van der Waals surface area contributed by atoms with Crippen LogP contribution in [-0.2, 0) is 6.54 Å². The molecule has 0 heterocycles. The molecule has 0 saturated heterocycles. The van der Waals surface area contributed by atoms with Crippen molar-refractivity contribution < 1.29 is 0 Å².